The summed E-state index contributed by atoms with van der Waals surface area (Å²) in [5.41, 5.74) is 2.44. The molecule has 5 heteroatoms. The highest BCUT2D eigenvalue weighted by molar-refractivity contribution is 5.94. The van der Waals surface area contributed by atoms with Crippen LogP contribution in [0.5, 0.6) is 0 Å². The van der Waals surface area contributed by atoms with Gasteiger partial charge in [0.1, 0.15) is 0 Å². The lowest BCUT2D eigenvalue weighted by Gasteiger charge is -2.15. The number of benzene rings is 2. The molecule has 2 aromatic carbocycles. The predicted octanol–water partition coefficient (Wildman–Crippen LogP) is 2.34. The molecule has 1 unspecified atom stereocenters. The van der Waals surface area contributed by atoms with Crippen LogP contribution >= 0.6 is 0 Å². The smallest absolute Gasteiger partial charge is 0.251 e. The van der Waals surface area contributed by atoms with E-state index in [1.165, 1.54) is 0 Å². The van der Waals surface area contributed by atoms with Gasteiger partial charge in [0, 0.05) is 18.3 Å². The Morgan fingerprint density at radius 1 is 1.00 bits per heavy atom. The maximum absolute atomic E-state index is 12.0. The molecule has 2 rings (SSSR count). The first-order valence-electron chi connectivity index (χ1n) is 7.50. The Hall–Kier alpha value is -2.82. The topological polar surface area (TPSA) is 70.2 Å². The van der Waals surface area contributed by atoms with E-state index >= 15 is 0 Å². The second-order valence-electron chi connectivity index (χ2n) is 5.21. The summed E-state index contributed by atoms with van der Waals surface area (Å²) < 4.78 is 0. The number of hydrogen-bond acceptors (Lipinski definition) is 3. The van der Waals surface area contributed by atoms with E-state index in [2.05, 4.69) is 16.0 Å². The van der Waals surface area contributed by atoms with Crippen LogP contribution in [0.4, 0.5) is 5.69 Å². The van der Waals surface area contributed by atoms with Crippen LogP contribution in [0.15, 0.2) is 54.6 Å². The molecule has 0 saturated carbocycles. The van der Waals surface area contributed by atoms with Gasteiger partial charge in [-0.2, -0.15) is 0 Å². The molecule has 0 saturated heterocycles. The van der Waals surface area contributed by atoms with E-state index in [0.29, 0.717) is 5.56 Å². The molecule has 2 amide bonds. The Morgan fingerprint density at radius 3 is 2.26 bits per heavy atom. The highest BCUT2D eigenvalue weighted by Crippen LogP contribution is 2.11. The standard InChI is InChI=1S/C18H21N3O2/c1-13(14-6-4-3-5-7-14)21-17(22)12-20-16-10-8-15(9-11-16)18(23)19-2/h3-11,13,20H,12H2,1-2H3,(H,19,23)(H,21,22). The lowest BCUT2D eigenvalue weighted by atomic mass is 10.1. The predicted molar refractivity (Wildman–Crippen MR) is 91.3 cm³/mol. The summed E-state index contributed by atoms with van der Waals surface area (Å²) in [5.74, 6) is -0.220. The third-order valence-electron chi connectivity index (χ3n) is 3.50. The molecule has 0 heterocycles. The lowest BCUT2D eigenvalue weighted by Crippen LogP contribution is -2.32. The second-order valence-corrected chi connectivity index (χ2v) is 5.21. The van der Waals surface area contributed by atoms with Crippen LogP contribution in [0, 0.1) is 0 Å². The second kappa shape index (κ2) is 7.98. The third kappa shape index (κ3) is 4.85. The van der Waals surface area contributed by atoms with Gasteiger partial charge in [-0.3, -0.25) is 9.59 Å². The maximum atomic E-state index is 12.0. The van der Waals surface area contributed by atoms with Crippen LogP contribution in [0.2, 0.25) is 0 Å². The minimum atomic E-state index is -0.133. The molecule has 0 fully saturated rings. The molecule has 0 aliphatic rings. The molecule has 23 heavy (non-hydrogen) atoms. The molecule has 0 spiro atoms. The Labute approximate surface area is 136 Å². The summed E-state index contributed by atoms with van der Waals surface area (Å²) in [4.78, 5) is 23.4. The van der Waals surface area contributed by atoms with Crippen LogP contribution < -0.4 is 16.0 Å². The molecular formula is C18H21N3O2. The van der Waals surface area contributed by atoms with Crippen molar-refractivity contribution in [1.82, 2.24) is 10.6 Å². The molecule has 0 aromatic heterocycles. The molecular weight excluding hydrogens is 290 g/mol. The monoisotopic (exact) mass is 311 g/mol. The van der Waals surface area contributed by atoms with Gasteiger partial charge in [0.2, 0.25) is 5.91 Å². The van der Waals surface area contributed by atoms with E-state index in [-0.39, 0.29) is 24.4 Å². The van der Waals surface area contributed by atoms with Gasteiger partial charge in [0.05, 0.1) is 12.6 Å². The first-order valence-corrected chi connectivity index (χ1v) is 7.50. The number of amides is 2. The number of carbonyl (C=O) groups excluding carboxylic acids is 2. The van der Waals surface area contributed by atoms with Crippen molar-refractivity contribution in [2.45, 2.75) is 13.0 Å². The SMILES string of the molecule is CNC(=O)c1ccc(NCC(=O)NC(C)c2ccccc2)cc1. The van der Waals surface area contributed by atoms with Crippen LogP contribution in [0.3, 0.4) is 0 Å². The average molecular weight is 311 g/mol. The zero-order valence-electron chi connectivity index (χ0n) is 13.3. The lowest BCUT2D eigenvalue weighted by molar-refractivity contribution is -0.120. The van der Waals surface area contributed by atoms with Crippen molar-refractivity contribution in [2.24, 2.45) is 0 Å². The molecule has 0 aliphatic carbocycles. The van der Waals surface area contributed by atoms with Crippen molar-refractivity contribution in [1.29, 1.82) is 0 Å². The fourth-order valence-corrected chi connectivity index (χ4v) is 2.18. The molecule has 3 N–H and O–H groups in total. The van der Waals surface area contributed by atoms with Gasteiger partial charge in [-0.15, -0.1) is 0 Å². The molecule has 0 radical (unpaired) electrons. The maximum Gasteiger partial charge on any atom is 0.251 e. The van der Waals surface area contributed by atoms with E-state index in [4.69, 9.17) is 0 Å². The van der Waals surface area contributed by atoms with Gasteiger partial charge in [0.15, 0.2) is 0 Å². The van der Waals surface area contributed by atoms with E-state index in [0.717, 1.165) is 11.3 Å². The molecule has 0 bridgehead atoms. The summed E-state index contributed by atoms with van der Waals surface area (Å²) in [5, 5.41) is 8.55. The largest absolute Gasteiger partial charge is 0.376 e. The summed E-state index contributed by atoms with van der Waals surface area (Å²) in [7, 11) is 1.59. The van der Waals surface area contributed by atoms with E-state index in [1.807, 2.05) is 37.3 Å². The third-order valence-corrected chi connectivity index (χ3v) is 3.50. The van der Waals surface area contributed by atoms with Crippen LogP contribution in [0.25, 0.3) is 0 Å². The number of rotatable bonds is 6. The molecule has 5 nitrogen and oxygen atoms in total. The van der Waals surface area contributed by atoms with Gasteiger partial charge in [-0.05, 0) is 36.8 Å². The van der Waals surface area contributed by atoms with Crippen molar-refractivity contribution in [3.63, 3.8) is 0 Å². The van der Waals surface area contributed by atoms with Crippen molar-refractivity contribution in [3.05, 3.63) is 65.7 Å². The molecule has 1 atom stereocenters. The van der Waals surface area contributed by atoms with E-state index in [9.17, 15) is 9.59 Å². The van der Waals surface area contributed by atoms with Crippen LogP contribution in [0.1, 0.15) is 28.9 Å². The molecule has 120 valence electrons. The first-order chi connectivity index (χ1) is 11.1. The van der Waals surface area contributed by atoms with Crippen molar-refractivity contribution >= 4 is 17.5 Å². The van der Waals surface area contributed by atoms with Gasteiger partial charge >= 0.3 is 0 Å². The fourth-order valence-electron chi connectivity index (χ4n) is 2.18. The molecule has 0 aliphatic heterocycles. The minimum Gasteiger partial charge on any atom is -0.376 e. The van der Waals surface area contributed by atoms with Crippen molar-refractivity contribution < 1.29 is 9.59 Å². The Bertz CT molecular complexity index is 654. The number of nitrogens with one attached hydrogen (secondary N) is 3. The fraction of sp³-hybridized carbons (Fsp3) is 0.222. The Balaban J connectivity index is 1.83. The summed E-state index contributed by atoms with van der Waals surface area (Å²) >= 11 is 0. The Morgan fingerprint density at radius 2 is 1.65 bits per heavy atom. The number of carbonyl (C=O) groups is 2. The van der Waals surface area contributed by atoms with Gasteiger partial charge < -0.3 is 16.0 Å². The van der Waals surface area contributed by atoms with E-state index in [1.54, 1.807) is 31.3 Å². The van der Waals surface area contributed by atoms with E-state index < -0.39 is 0 Å². The van der Waals surface area contributed by atoms with Crippen LogP contribution in [-0.4, -0.2) is 25.4 Å². The minimum absolute atomic E-state index is 0.0406. The van der Waals surface area contributed by atoms with Gasteiger partial charge in [-0.1, -0.05) is 30.3 Å². The van der Waals surface area contributed by atoms with Gasteiger partial charge in [0.25, 0.3) is 5.91 Å². The zero-order chi connectivity index (χ0) is 16.7. The number of hydrogen-bond donors (Lipinski definition) is 3. The first kappa shape index (κ1) is 16.5. The summed E-state index contributed by atoms with van der Waals surface area (Å²) in [6.45, 7) is 2.13. The average Bonchev–Trinajstić information content (AvgIpc) is 2.60. The summed E-state index contributed by atoms with van der Waals surface area (Å²) in [6.07, 6.45) is 0. The van der Waals surface area contributed by atoms with Gasteiger partial charge in [-0.25, -0.2) is 0 Å². The normalized spacial score (nSPS) is 11.4. The quantitative estimate of drug-likeness (QED) is 0.767. The van der Waals surface area contributed by atoms with Crippen molar-refractivity contribution in [2.75, 3.05) is 18.9 Å². The zero-order valence-corrected chi connectivity index (χ0v) is 13.3. The highest BCUT2D eigenvalue weighted by atomic mass is 16.2. The Kier molecular flexibility index (Phi) is 5.74. The summed E-state index contributed by atoms with van der Waals surface area (Å²) in [6, 6.07) is 16.7. The number of anilines is 1. The highest BCUT2D eigenvalue weighted by Gasteiger charge is 2.09. The molecule has 2 aromatic rings. The van der Waals surface area contributed by atoms with Crippen LogP contribution in [-0.2, 0) is 4.79 Å². The van der Waals surface area contributed by atoms with Crippen molar-refractivity contribution in [3.8, 4) is 0 Å².